The Bertz CT molecular complexity index is 1040. The molecule has 2 aromatic carbocycles. The van der Waals surface area contributed by atoms with Crippen LogP contribution in [0.1, 0.15) is 12.5 Å². The van der Waals surface area contributed by atoms with Gasteiger partial charge in [0.15, 0.2) is 5.17 Å². The second-order valence-corrected chi connectivity index (χ2v) is 7.80. The van der Waals surface area contributed by atoms with Gasteiger partial charge in [-0.3, -0.25) is 14.5 Å². The van der Waals surface area contributed by atoms with Crippen molar-refractivity contribution in [3.63, 3.8) is 0 Å². The van der Waals surface area contributed by atoms with Gasteiger partial charge in [0.25, 0.3) is 5.91 Å². The number of benzene rings is 2. The van der Waals surface area contributed by atoms with Gasteiger partial charge in [-0.15, -0.1) is 0 Å². The fraction of sp³-hybridized carbons (Fsp3) is 0.227. The minimum atomic E-state index is -2.96. The zero-order chi connectivity index (χ0) is 23.3. The number of rotatable bonds is 7. The molecule has 3 rings (SSSR count). The van der Waals surface area contributed by atoms with E-state index in [4.69, 9.17) is 9.47 Å². The van der Waals surface area contributed by atoms with E-state index in [-0.39, 0.29) is 16.6 Å². The highest BCUT2D eigenvalue weighted by Gasteiger charge is 2.34. The van der Waals surface area contributed by atoms with Gasteiger partial charge < -0.3 is 14.2 Å². The van der Waals surface area contributed by atoms with Crippen LogP contribution in [0.25, 0.3) is 6.08 Å². The van der Waals surface area contributed by atoms with E-state index in [9.17, 15) is 18.4 Å². The molecule has 1 heterocycles. The Morgan fingerprint density at radius 2 is 1.69 bits per heavy atom. The van der Waals surface area contributed by atoms with Gasteiger partial charge in [0.05, 0.1) is 19.9 Å². The Hall–Kier alpha value is -3.40. The molecule has 2 aromatic rings. The molecule has 0 bridgehead atoms. The highest BCUT2D eigenvalue weighted by atomic mass is 32.2. The van der Waals surface area contributed by atoms with Crippen molar-refractivity contribution in [2.45, 2.75) is 18.8 Å². The van der Waals surface area contributed by atoms with Crippen LogP contribution in [0, 0.1) is 0 Å². The van der Waals surface area contributed by atoms with E-state index in [1.54, 1.807) is 44.4 Å². The fourth-order valence-corrected chi connectivity index (χ4v) is 3.76. The second-order valence-electron chi connectivity index (χ2n) is 6.49. The third-order valence-electron chi connectivity index (χ3n) is 4.38. The number of carbonyl (C=O) groups is 2. The van der Waals surface area contributed by atoms with Gasteiger partial charge in [0, 0.05) is 0 Å². The molecular weight excluding hydrogens is 442 g/mol. The van der Waals surface area contributed by atoms with Gasteiger partial charge in [-0.2, -0.15) is 8.78 Å². The molecule has 1 atom stereocenters. The summed E-state index contributed by atoms with van der Waals surface area (Å²) in [6.45, 7) is -1.33. The Morgan fingerprint density at radius 1 is 1.06 bits per heavy atom. The SMILES string of the molecule is COC(=O)[C@H](C)SC1=N/C(=C\c2ccc(OC)cc2)C(=O)N1c1ccc(OC(F)F)cc1. The maximum absolute atomic E-state index is 13.2. The normalized spacial score (nSPS) is 15.7. The summed E-state index contributed by atoms with van der Waals surface area (Å²) < 4.78 is 39.1. The Kier molecular flexibility index (Phi) is 7.47. The van der Waals surface area contributed by atoms with Crippen LogP contribution in [-0.2, 0) is 14.3 Å². The van der Waals surface area contributed by atoms with Crippen molar-refractivity contribution in [1.82, 2.24) is 0 Å². The van der Waals surface area contributed by atoms with Gasteiger partial charge >= 0.3 is 12.6 Å². The second kappa shape index (κ2) is 10.3. The zero-order valence-electron chi connectivity index (χ0n) is 17.5. The van der Waals surface area contributed by atoms with Crippen molar-refractivity contribution in [1.29, 1.82) is 0 Å². The minimum absolute atomic E-state index is 0.0431. The lowest BCUT2D eigenvalue weighted by Crippen LogP contribution is -2.32. The van der Waals surface area contributed by atoms with Crippen molar-refractivity contribution < 1.29 is 32.6 Å². The molecule has 0 unspecified atom stereocenters. The quantitative estimate of drug-likeness (QED) is 0.450. The standard InChI is InChI=1S/C22H20F2N2O5S/c1-13(20(28)30-3)32-22-25-18(12-14-4-8-16(29-2)9-5-14)19(27)26(22)15-6-10-17(11-7-15)31-21(23)24/h4-13,21H,1-3H3/b18-12-/t13-/m0/s1. The number of halogens is 2. The number of nitrogens with zero attached hydrogens (tertiary/aromatic N) is 2. The van der Waals surface area contributed by atoms with E-state index in [2.05, 4.69) is 9.73 Å². The van der Waals surface area contributed by atoms with Gasteiger partial charge in [-0.25, -0.2) is 4.99 Å². The Morgan fingerprint density at radius 3 is 2.25 bits per heavy atom. The lowest BCUT2D eigenvalue weighted by molar-refractivity contribution is -0.139. The number of aliphatic imine (C=N–C) groups is 1. The number of amidine groups is 1. The molecule has 0 spiro atoms. The Balaban J connectivity index is 1.94. The highest BCUT2D eigenvalue weighted by molar-refractivity contribution is 8.15. The van der Waals surface area contributed by atoms with E-state index in [1.165, 1.54) is 36.3 Å². The summed E-state index contributed by atoms with van der Waals surface area (Å²) in [6, 6.07) is 12.6. The number of alkyl halides is 2. The number of carbonyl (C=O) groups excluding carboxylic acids is 2. The predicted molar refractivity (Wildman–Crippen MR) is 118 cm³/mol. The van der Waals surface area contributed by atoms with Crippen LogP contribution in [0.2, 0.25) is 0 Å². The summed E-state index contributed by atoms with van der Waals surface area (Å²) in [4.78, 5) is 30.8. The number of ether oxygens (including phenoxy) is 3. The summed E-state index contributed by atoms with van der Waals surface area (Å²) >= 11 is 1.05. The highest BCUT2D eigenvalue weighted by Crippen LogP contribution is 2.32. The molecule has 0 aromatic heterocycles. The van der Waals surface area contributed by atoms with Crippen molar-refractivity contribution in [2.24, 2.45) is 4.99 Å². The number of anilines is 1. The molecule has 0 radical (unpaired) electrons. The summed E-state index contributed by atoms with van der Waals surface area (Å²) in [5, 5.41) is -0.369. The molecule has 10 heteroatoms. The van der Waals surface area contributed by atoms with Crippen LogP contribution in [0.15, 0.2) is 59.2 Å². The number of amides is 1. The molecule has 7 nitrogen and oxygen atoms in total. The van der Waals surface area contributed by atoms with E-state index in [1.807, 2.05) is 0 Å². The minimum Gasteiger partial charge on any atom is -0.497 e. The molecule has 168 valence electrons. The summed E-state index contributed by atoms with van der Waals surface area (Å²) in [6.07, 6.45) is 1.61. The third kappa shape index (κ3) is 5.44. The molecule has 0 aliphatic carbocycles. The van der Waals surface area contributed by atoms with Crippen LogP contribution < -0.4 is 14.4 Å². The monoisotopic (exact) mass is 462 g/mol. The largest absolute Gasteiger partial charge is 0.497 e. The first kappa shape index (κ1) is 23.3. The number of hydrogen-bond donors (Lipinski definition) is 0. The van der Waals surface area contributed by atoms with Crippen LogP contribution >= 0.6 is 11.8 Å². The molecule has 32 heavy (non-hydrogen) atoms. The molecule has 1 aliphatic heterocycles. The summed E-state index contributed by atoms with van der Waals surface area (Å²) in [7, 11) is 2.83. The first-order valence-electron chi connectivity index (χ1n) is 9.40. The first-order chi connectivity index (χ1) is 15.3. The molecule has 0 saturated heterocycles. The van der Waals surface area contributed by atoms with Crippen molar-refractivity contribution in [2.75, 3.05) is 19.1 Å². The van der Waals surface area contributed by atoms with Gasteiger partial charge in [-0.05, 0) is 55.0 Å². The fourth-order valence-electron chi connectivity index (χ4n) is 2.81. The van der Waals surface area contributed by atoms with Crippen molar-refractivity contribution in [3.8, 4) is 11.5 Å². The number of methoxy groups -OCH3 is 2. The average Bonchev–Trinajstić information content (AvgIpc) is 3.08. The van der Waals surface area contributed by atoms with Crippen molar-refractivity contribution >= 4 is 40.6 Å². The van der Waals surface area contributed by atoms with Gasteiger partial charge in [-0.1, -0.05) is 23.9 Å². The maximum Gasteiger partial charge on any atom is 0.387 e. The summed E-state index contributed by atoms with van der Waals surface area (Å²) in [5.41, 5.74) is 1.27. The smallest absolute Gasteiger partial charge is 0.387 e. The number of thioether (sulfide) groups is 1. The zero-order valence-corrected chi connectivity index (χ0v) is 18.3. The molecule has 0 N–H and O–H groups in total. The molecule has 1 aliphatic rings. The molecule has 0 fully saturated rings. The van der Waals surface area contributed by atoms with E-state index < -0.39 is 23.7 Å². The van der Waals surface area contributed by atoms with Crippen LogP contribution in [0.4, 0.5) is 14.5 Å². The van der Waals surface area contributed by atoms with E-state index in [0.717, 1.165) is 17.3 Å². The topological polar surface area (TPSA) is 77.4 Å². The number of hydrogen-bond acceptors (Lipinski definition) is 7. The van der Waals surface area contributed by atoms with Crippen LogP contribution in [0.5, 0.6) is 11.5 Å². The van der Waals surface area contributed by atoms with Crippen LogP contribution in [-0.4, -0.2) is 43.1 Å². The molecule has 0 saturated carbocycles. The Labute approximate surface area is 187 Å². The summed E-state index contributed by atoms with van der Waals surface area (Å²) in [5.74, 6) is -0.274. The average molecular weight is 462 g/mol. The molecular formula is C22H20F2N2O5S. The van der Waals surface area contributed by atoms with Crippen molar-refractivity contribution in [3.05, 3.63) is 59.8 Å². The maximum atomic E-state index is 13.2. The lowest BCUT2D eigenvalue weighted by atomic mass is 10.2. The predicted octanol–water partition coefficient (Wildman–Crippen LogP) is 4.34. The van der Waals surface area contributed by atoms with E-state index in [0.29, 0.717) is 11.4 Å². The number of esters is 1. The van der Waals surface area contributed by atoms with Gasteiger partial charge in [0.2, 0.25) is 0 Å². The first-order valence-corrected chi connectivity index (χ1v) is 10.3. The molecule has 1 amide bonds. The van der Waals surface area contributed by atoms with Gasteiger partial charge in [0.1, 0.15) is 22.4 Å². The third-order valence-corrected chi connectivity index (χ3v) is 5.41. The van der Waals surface area contributed by atoms with E-state index >= 15 is 0 Å². The lowest BCUT2D eigenvalue weighted by Gasteiger charge is -2.19. The van der Waals surface area contributed by atoms with Crippen LogP contribution in [0.3, 0.4) is 0 Å².